The molecule has 0 spiro atoms. The number of imide groups is 1. The summed E-state index contributed by atoms with van der Waals surface area (Å²) in [4.78, 5) is 24.8. The molecule has 1 fully saturated rings. The topological polar surface area (TPSA) is 49.4 Å². The molecule has 4 nitrogen and oxygen atoms in total. The summed E-state index contributed by atoms with van der Waals surface area (Å²) < 4.78 is 0. The van der Waals surface area contributed by atoms with Gasteiger partial charge in [0.25, 0.3) is 0 Å². The van der Waals surface area contributed by atoms with E-state index in [9.17, 15) is 9.59 Å². The van der Waals surface area contributed by atoms with E-state index in [1.807, 2.05) is 0 Å². The van der Waals surface area contributed by atoms with Crippen LogP contribution in [0.5, 0.6) is 0 Å². The largest absolute Gasteiger partial charge is 0.329 e. The lowest BCUT2D eigenvalue weighted by molar-refractivity contribution is -0.126. The predicted octanol–water partition coefficient (Wildman–Crippen LogP) is 3.03. The van der Waals surface area contributed by atoms with E-state index in [0.29, 0.717) is 12.5 Å². The van der Waals surface area contributed by atoms with Crippen molar-refractivity contribution in [2.45, 2.75) is 54.4 Å². The van der Waals surface area contributed by atoms with Gasteiger partial charge in [0.05, 0.1) is 6.54 Å². The zero-order valence-electron chi connectivity index (χ0n) is 13.2. The summed E-state index contributed by atoms with van der Waals surface area (Å²) in [6, 6.07) is -0.240. The molecule has 19 heavy (non-hydrogen) atoms. The lowest BCUT2D eigenvalue weighted by Crippen LogP contribution is -2.41. The van der Waals surface area contributed by atoms with Crippen LogP contribution in [0.4, 0.5) is 4.79 Å². The van der Waals surface area contributed by atoms with E-state index in [4.69, 9.17) is 0 Å². The Morgan fingerprint density at radius 2 is 1.79 bits per heavy atom. The number of carbonyl (C=O) groups excluding carboxylic acids is 2. The Balaban J connectivity index is 2.85. The third-order valence-electron chi connectivity index (χ3n) is 4.22. The van der Waals surface area contributed by atoms with Gasteiger partial charge in [-0.2, -0.15) is 0 Å². The van der Waals surface area contributed by atoms with Gasteiger partial charge >= 0.3 is 6.03 Å². The molecule has 0 radical (unpaired) electrons. The van der Waals surface area contributed by atoms with Crippen molar-refractivity contribution in [3.05, 3.63) is 0 Å². The summed E-state index contributed by atoms with van der Waals surface area (Å²) in [5, 5.41) is 2.59. The average Bonchev–Trinajstić information content (AvgIpc) is 2.58. The third kappa shape index (κ3) is 4.22. The molecule has 0 aliphatic carbocycles. The Bertz CT molecular complexity index is 340. The molecule has 0 aromatic heterocycles. The highest BCUT2D eigenvalue weighted by Gasteiger charge is 2.37. The van der Waals surface area contributed by atoms with E-state index in [-0.39, 0.29) is 29.3 Å². The average molecular weight is 268 g/mol. The summed E-state index contributed by atoms with van der Waals surface area (Å²) >= 11 is 0. The first kappa shape index (κ1) is 16.0. The van der Waals surface area contributed by atoms with Gasteiger partial charge in [-0.25, -0.2) is 4.79 Å². The van der Waals surface area contributed by atoms with Crippen molar-refractivity contribution < 1.29 is 9.59 Å². The first-order valence-electron chi connectivity index (χ1n) is 7.15. The van der Waals surface area contributed by atoms with Crippen molar-refractivity contribution >= 4 is 11.9 Å². The monoisotopic (exact) mass is 268 g/mol. The van der Waals surface area contributed by atoms with Crippen molar-refractivity contribution in [1.82, 2.24) is 10.2 Å². The molecule has 1 rings (SSSR count). The number of hydrogen-bond donors (Lipinski definition) is 1. The molecule has 0 bridgehead atoms. The molecule has 1 aliphatic heterocycles. The normalized spacial score (nSPS) is 18.7. The van der Waals surface area contributed by atoms with Gasteiger partial charge in [-0.15, -0.1) is 0 Å². The summed E-state index contributed by atoms with van der Waals surface area (Å²) in [5.41, 5.74) is 0.312. The molecular weight excluding hydrogens is 240 g/mol. The summed E-state index contributed by atoms with van der Waals surface area (Å²) in [5.74, 6) is 0.223. The van der Waals surface area contributed by atoms with E-state index >= 15 is 0 Å². The first-order chi connectivity index (χ1) is 8.57. The fraction of sp³-hybridized carbons (Fsp3) is 0.867. The molecule has 4 heteroatoms. The van der Waals surface area contributed by atoms with Gasteiger partial charge < -0.3 is 5.32 Å². The third-order valence-corrected chi connectivity index (χ3v) is 4.22. The maximum Gasteiger partial charge on any atom is 0.324 e. The van der Waals surface area contributed by atoms with Gasteiger partial charge in [0, 0.05) is 6.54 Å². The highest BCUT2D eigenvalue weighted by Crippen LogP contribution is 2.39. The highest BCUT2D eigenvalue weighted by molar-refractivity contribution is 6.01. The Hall–Kier alpha value is -1.06. The van der Waals surface area contributed by atoms with E-state index in [1.54, 1.807) is 0 Å². The molecule has 0 saturated carbocycles. The van der Waals surface area contributed by atoms with Crippen LogP contribution in [0.3, 0.4) is 0 Å². The molecule has 1 saturated heterocycles. The second-order valence-electron chi connectivity index (χ2n) is 7.47. The molecule has 0 aromatic carbocycles. The van der Waals surface area contributed by atoms with E-state index in [0.717, 1.165) is 12.8 Å². The van der Waals surface area contributed by atoms with Crippen molar-refractivity contribution in [3.8, 4) is 0 Å². The number of nitrogens with one attached hydrogen (secondary N) is 1. The predicted molar refractivity (Wildman–Crippen MR) is 76.7 cm³/mol. The minimum Gasteiger partial charge on any atom is -0.329 e. The van der Waals surface area contributed by atoms with Crippen molar-refractivity contribution in [3.63, 3.8) is 0 Å². The molecular formula is C15H28N2O2. The number of nitrogens with zero attached hydrogens (tertiary/aromatic N) is 1. The van der Waals surface area contributed by atoms with Gasteiger partial charge in [0.1, 0.15) is 0 Å². The molecule has 3 amide bonds. The maximum atomic E-state index is 11.7. The number of rotatable bonds is 5. The zero-order chi connectivity index (χ0) is 14.8. The lowest BCUT2D eigenvalue weighted by atomic mass is 9.69. The van der Waals surface area contributed by atoms with Crippen molar-refractivity contribution in [2.24, 2.45) is 16.7 Å². The summed E-state index contributed by atoms with van der Waals surface area (Å²) in [7, 11) is 0. The van der Waals surface area contributed by atoms with Gasteiger partial charge in [0.15, 0.2) is 0 Å². The smallest absolute Gasteiger partial charge is 0.324 e. The zero-order valence-corrected chi connectivity index (χ0v) is 13.2. The SMILES string of the molecule is CCC(C)(C)C(CN1C(=O)CNC1=O)CC(C)(C)C. The second kappa shape index (κ2) is 5.51. The Kier molecular flexibility index (Phi) is 4.64. The molecule has 0 aromatic rings. The Morgan fingerprint density at radius 3 is 2.16 bits per heavy atom. The van der Waals surface area contributed by atoms with Crippen molar-refractivity contribution in [1.29, 1.82) is 0 Å². The molecule has 1 heterocycles. The molecule has 1 unspecified atom stereocenters. The van der Waals surface area contributed by atoms with Crippen LogP contribution in [0.25, 0.3) is 0 Å². The highest BCUT2D eigenvalue weighted by atomic mass is 16.2. The van der Waals surface area contributed by atoms with Crippen LogP contribution < -0.4 is 5.32 Å². The van der Waals surface area contributed by atoms with Crippen LogP contribution in [-0.4, -0.2) is 29.9 Å². The standard InChI is InChI=1S/C15H28N2O2/c1-7-15(5,6)11(8-14(2,3)4)10-17-12(18)9-16-13(17)19/h11H,7-10H2,1-6H3,(H,16,19). The van der Waals surface area contributed by atoms with Crippen molar-refractivity contribution in [2.75, 3.05) is 13.1 Å². The van der Waals surface area contributed by atoms with E-state index in [2.05, 4.69) is 46.9 Å². The van der Waals surface area contributed by atoms with E-state index in [1.165, 1.54) is 4.90 Å². The summed E-state index contributed by atoms with van der Waals surface area (Å²) in [6.45, 7) is 13.9. The molecule has 1 aliphatic rings. The quantitative estimate of drug-likeness (QED) is 0.779. The van der Waals surface area contributed by atoms with Crippen LogP contribution in [0.15, 0.2) is 0 Å². The number of amides is 3. The fourth-order valence-corrected chi connectivity index (χ4v) is 2.48. The first-order valence-corrected chi connectivity index (χ1v) is 7.15. The fourth-order valence-electron chi connectivity index (χ4n) is 2.48. The molecule has 1 atom stereocenters. The van der Waals surface area contributed by atoms with Crippen LogP contribution in [-0.2, 0) is 4.79 Å². The maximum absolute atomic E-state index is 11.7. The molecule has 1 N–H and O–H groups in total. The lowest BCUT2D eigenvalue weighted by Gasteiger charge is -2.39. The van der Waals surface area contributed by atoms with Gasteiger partial charge in [-0.3, -0.25) is 9.69 Å². The van der Waals surface area contributed by atoms with Gasteiger partial charge in [-0.1, -0.05) is 48.0 Å². The minimum atomic E-state index is -0.240. The Labute approximate surface area is 116 Å². The van der Waals surface area contributed by atoms with Crippen LogP contribution in [0, 0.1) is 16.7 Å². The summed E-state index contributed by atoms with van der Waals surface area (Å²) in [6.07, 6.45) is 2.04. The van der Waals surface area contributed by atoms with Gasteiger partial charge in [-0.05, 0) is 23.2 Å². The Morgan fingerprint density at radius 1 is 1.21 bits per heavy atom. The van der Waals surface area contributed by atoms with E-state index < -0.39 is 0 Å². The van der Waals surface area contributed by atoms with Gasteiger partial charge in [0.2, 0.25) is 5.91 Å². The van der Waals surface area contributed by atoms with Crippen LogP contribution >= 0.6 is 0 Å². The van der Waals surface area contributed by atoms with Crippen LogP contribution in [0.1, 0.15) is 54.4 Å². The molecule has 110 valence electrons. The number of hydrogen-bond acceptors (Lipinski definition) is 2. The van der Waals surface area contributed by atoms with Crippen LogP contribution in [0.2, 0.25) is 0 Å². The minimum absolute atomic E-state index is 0.101. The number of carbonyl (C=O) groups is 2. The number of urea groups is 1. The second-order valence-corrected chi connectivity index (χ2v) is 7.47.